The third-order valence-electron chi connectivity index (χ3n) is 4.72. The Balaban J connectivity index is 1.99. The van der Waals surface area contributed by atoms with Gasteiger partial charge in [0.05, 0.1) is 0 Å². The molecule has 21 heavy (non-hydrogen) atoms. The fourth-order valence-corrected chi connectivity index (χ4v) is 3.69. The first-order valence-corrected chi connectivity index (χ1v) is 7.91. The molecule has 3 rings (SSSR count). The lowest BCUT2D eigenvalue weighted by Crippen LogP contribution is -2.58. The highest BCUT2D eigenvalue weighted by molar-refractivity contribution is 6.30. The number of halogens is 1. The maximum Gasteiger partial charge on any atom is 0.0408 e. The molecule has 1 saturated heterocycles. The van der Waals surface area contributed by atoms with Crippen LogP contribution in [0.15, 0.2) is 36.4 Å². The lowest BCUT2D eigenvalue weighted by Gasteiger charge is -2.44. The standard InChI is InChI=1S/C19H22ClN/c1-13-7-14(2)18(15(3)8-13)10-19(11-21-12-19)16-5-4-6-17(20)9-16/h4-9,21H,10-12H2,1-3H3. The average molecular weight is 300 g/mol. The molecule has 2 aromatic rings. The van der Waals surface area contributed by atoms with Crippen molar-refractivity contribution >= 4 is 11.6 Å². The first-order chi connectivity index (χ1) is 10.00. The molecule has 2 heteroatoms. The van der Waals surface area contributed by atoms with E-state index in [9.17, 15) is 0 Å². The molecule has 1 nitrogen and oxygen atoms in total. The van der Waals surface area contributed by atoms with Crippen LogP contribution in [0.1, 0.15) is 27.8 Å². The van der Waals surface area contributed by atoms with Gasteiger partial charge in [0.1, 0.15) is 0 Å². The quantitative estimate of drug-likeness (QED) is 0.888. The minimum Gasteiger partial charge on any atom is -0.315 e. The first kappa shape index (κ1) is 14.6. The van der Waals surface area contributed by atoms with E-state index in [0.29, 0.717) is 0 Å². The molecule has 0 saturated carbocycles. The van der Waals surface area contributed by atoms with Crippen LogP contribution >= 0.6 is 11.6 Å². The molecule has 1 aliphatic rings. The largest absolute Gasteiger partial charge is 0.315 e. The summed E-state index contributed by atoms with van der Waals surface area (Å²) in [5.41, 5.74) is 7.18. The van der Waals surface area contributed by atoms with Gasteiger partial charge in [0.2, 0.25) is 0 Å². The fourth-order valence-electron chi connectivity index (χ4n) is 3.50. The van der Waals surface area contributed by atoms with E-state index in [1.165, 1.54) is 27.8 Å². The van der Waals surface area contributed by atoms with Gasteiger partial charge in [0, 0.05) is 23.5 Å². The van der Waals surface area contributed by atoms with Crippen molar-refractivity contribution in [1.82, 2.24) is 5.32 Å². The van der Waals surface area contributed by atoms with Gasteiger partial charge < -0.3 is 5.32 Å². The zero-order valence-electron chi connectivity index (χ0n) is 13.0. The molecule has 0 radical (unpaired) electrons. The van der Waals surface area contributed by atoms with Gasteiger partial charge in [-0.25, -0.2) is 0 Å². The topological polar surface area (TPSA) is 12.0 Å². The second-order valence-electron chi connectivity index (χ2n) is 6.45. The van der Waals surface area contributed by atoms with Crippen molar-refractivity contribution in [2.75, 3.05) is 13.1 Å². The zero-order chi connectivity index (χ0) is 15.0. The van der Waals surface area contributed by atoms with E-state index in [0.717, 1.165) is 24.5 Å². The molecule has 1 fully saturated rings. The lowest BCUT2D eigenvalue weighted by atomic mass is 9.70. The van der Waals surface area contributed by atoms with Gasteiger partial charge in [0.25, 0.3) is 0 Å². The number of hydrogen-bond acceptors (Lipinski definition) is 1. The van der Waals surface area contributed by atoms with Crippen LogP contribution in [0.2, 0.25) is 5.02 Å². The van der Waals surface area contributed by atoms with E-state index in [1.54, 1.807) is 0 Å². The van der Waals surface area contributed by atoms with Gasteiger partial charge in [-0.2, -0.15) is 0 Å². The Morgan fingerprint density at radius 1 is 1.05 bits per heavy atom. The van der Waals surface area contributed by atoms with Crippen molar-refractivity contribution in [2.24, 2.45) is 0 Å². The van der Waals surface area contributed by atoms with Gasteiger partial charge in [-0.05, 0) is 61.6 Å². The predicted octanol–water partition coefficient (Wildman–Crippen LogP) is 4.35. The van der Waals surface area contributed by atoms with E-state index >= 15 is 0 Å². The molecule has 0 amide bonds. The first-order valence-electron chi connectivity index (χ1n) is 7.54. The molecule has 2 aromatic carbocycles. The van der Waals surface area contributed by atoms with Crippen LogP contribution in [0.25, 0.3) is 0 Å². The van der Waals surface area contributed by atoms with Crippen LogP contribution in [0.4, 0.5) is 0 Å². The van der Waals surface area contributed by atoms with Crippen LogP contribution in [0.3, 0.4) is 0 Å². The highest BCUT2D eigenvalue weighted by Gasteiger charge is 2.39. The number of nitrogens with one attached hydrogen (secondary N) is 1. The molecular weight excluding hydrogens is 278 g/mol. The Hall–Kier alpha value is -1.31. The van der Waals surface area contributed by atoms with Gasteiger partial charge in [-0.1, -0.05) is 41.4 Å². The molecule has 1 aliphatic heterocycles. The molecule has 0 aliphatic carbocycles. The van der Waals surface area contributed by atoms with Crippen molar-refractivity contribution in [1.29, 1.82) is 0 Å². The SMILES string of the molecule is Cc1cc(C)c(CC2(c3cccc(Cl)c3)CNC2)c(C)c1. The van der Waals surface area contributed by atoms with E-state index in [4.69, 9.17) is 11.6 Å². The third kappa shape index (κ3) is 2.73. The zero-order valence-corrected chi connectivity index (χ0v) is 13.7. The number of rotatable bonds is 3. The molecule has 1 N–H and O–H groups in total. The van der Waals surface area contributed by atoms with Crippen molar-refractivity contribution in [3.8, 4) is 0 Å². The van der Waals surface area contributed by atoms with E-state index < -0.39 is 0 Å². The Labute approximate surface area is 132 Å². The maximum absolute atomic E-state index is 6.20. The van der Waals surface area contributed by atoms with Crippen LogP contribution in [0, 0.1) is 20.8 Å². The highest BCUT2D eigenvalue weighted by Crippen LogP contribution is 2.35. The molecule has 1 heterocycles. The van der Waals surface area contributed by atoms with Crippen molar-refractivity contribution < 1.29 is 0 Å². The lowest BCUT2D eigenvalue weighted by molar-refractivity contribution is 0.274. The highest BCUT2D eigenvalue weighted by atomic mass is 35.5. The molecule has 110 valence electrons. The average Bonchev–Trinajstić information content (AvgIpc) is 2.36. The van der Waals surface area contributed by atoms with Crippen LogP contribution in [-0.4, -0.2) is 13.1 Å². The third-order valence-corrected chi connectivity index (χ3v) is 4.95. The summed E-state index contributed by atoms with van der Waals surface area (Å²) in [6.45, 7) is 8.68. The molecule has 0 bridgehead atoms. The summed E-state index contributed by atoms with van der Waals surface area (Å²) in [6.07, 6.45) is 1.08. The summed E-state index contributed by atoms with van der Waals surface area (Å²) in [6, 6.07) is 12.9. The predicted molar refractivity (Wildman–Crippen MR) is 90.4 cm³/mol. The van der Waals surface area contributed by atoms with Crippen LogP contribution < -0.4 is 5.32 Å². The van der Waals surface area contributed by atoms with Crippen molar-refractivity contribution in [3.63, 3.8) is 0 Å². The summed E-state index contributed by atoms with van der Waals surface area (Å²) in [5, 5.41) is 4.28. The molecular formula is C19H22ClN. The second kappa shape index (κ2) is 5.47. The Morgan fingerprint density at radius 3 is 2.24 bits per heavy atom. The fraction of sp³-hybridized carbons (Fsp3) is 0.368. The van der Waals surface area contributed by atoms with Crippen molar-refractivity contribution in [2.45, 2.75) is 32.6 Å². The summed E-state index contributed by atoms with van der Waals surface area (Å²) >= 11 is 6.20. The van der Waals surface area contributed by atoms with E-state index in [-0.39, 0.29) is 5.41 Å². The minimum atomic E-state index is 0.190. The molecule has 0 unspecified atom stereocenters. The number of aryl methyl sites for hydroxylation is 3. The van der Waals surface area contributed by atoms with Gasteiger partial charge in [-0.3, -0.25) is 0 Å². The second-order valence-corrected chi connectivity index (χ2v) is 6.88. The Bertz CT molecular complexity index is 648. The number of benzene rings is 2. The van der Waals surface area contributed by atoms with Crippen molar-refractivity contribution in [3.05, 3.63) is 69.2 Å². The van der Waals surface area contributed by atoms with Gasteiger partial charge >= 0.3 is 0 Å². The smallest absolute Gasteiger partial charge is 0.0408 e. The van der Waals surface area contributed by atoms with Crippen LogP contribution in [0.5, 0.6) is 0 Å². The minimum absolute atomic E-state index is 0.190. The van der Waals surface area contributed by atoms with Gasteiger partial charge in [-0.15, -0.1) is 0 Å². The summed E-state index contributed by atoms with van der Waals surface area (Å²) in [5.74, 6) is 0. The Kier molecular flexibility index (Phi) is 3.81. The summed E-state index contributed by atoms with van der Waals surface area (Å²) in [4.78, 5) is 0. The Morgan fingerprint density at radius 2 is 1.71 bits per heavy atom. The normalized spacial score (nSPS) is 16.6. The summed E-state index contributed by atoms with van der Waals surface area (Å²) < 4.78 is 0. The van der Waals surface area contributed by atoms with E-state index in [2.05, 4.69) is 56.4 Å². The monoisotopic (exact) mass is 299 g/mol. The molecule has 0 spiro atoms. The number of hydrogen-bond donors (Lipinski definition) is 1. The molecule has 0 aromatic heterocycles. The molecule has 0 atom stereocenters. The maximum atomic E-state index is 6.20. The van der Waals surface area contributed by atoms with Gasteiger partial charge in [0.15, 0.2) is 0 Å². The van der Waals surface area contributed by atoms with Crippen LogP contribution in [-0.2, 0) is 11.8 Å². The van der Waals surface area contributed by atoms with E-state index in [1.807, 2.05) is 6.07 Å². The summed E-state index contributed by atoms with van der Waals surface area (Å²) in [7, 11) is 0.